The summed E-state index contributed by atoms with van der Waals surface area (Å²) >= 11 is 5.80. The van der Waals surface area contributed by atoms with Crippen LogP contribution in [0.5, 0.6) is 0 Å². The molecule has 3 rings (SSSR count). The van der Waals surface area contributed by atoms with Crippen molar-refractivity contribution >= 4 is 34.2 Å². The summed E-state index contributed by atoms with van der Waals surface area (Å²) in [7, 11) is 0. The Balaban J connectivity index is 1.86. The van der Waals surface area contributed by atoms with Gasteiger partial charge in [0, 0.05) is 28.7 Å². The first-order valence-corrected chi connectivity index (χ1v) is 6.38. The largest absolute Gasteiger partial charge is 0.322 e. The number of carbonyl (C=O) groups excluding carboxylic acids is 1. The lowest BCUT2D eigenvalue weighted by molar-refractivity contribution is 0.102. The summed E-state index contributed by atoms with van der Waals surface area (Å²) in [6.45, 7) is 0. The Hall–Kier alpha value is -2.46. The van der Waals surface area contributed by atoms with E-state index in [0.29, 0.717) is 21.8 Å². The van der Waals surface area contributed by atoms with Gasteiger partial charge in [-0.15, -0.1) is 0 Å². The Bertz CT molecular complexity index is 771. The number of hydrogen-bond acceptors (Lipinski definition) is 3. The molecule has 0 spiro atoms. The number of carbonyl (C=O) groups is 1. The van der Waals surface area contributed by atoms with Crippen LogP contribution >= 0.6 is 11.6 Å². The van der Waals surface area contributed by atoms with Gasteiger partial charge in [-0.05, 0) is 42.5 Å². The van der Waals surface area contributed by atoms with E-state index in [9.17, 15) is 4.79 Å². The highest BCUT2D eigenvalue weighted by atomic mass is 35.5. The molecule has 1 heterocycles. The Morgan fingerprint density at radius 1 is 0.950 bits per heavy atom. The summed E-state index contributed by atoms with van der Waals surface area (Å²) < 4.78 is 0. The molecule has 0 aliphatic rings. The number of nitrogens with zero attached hydrogens (tertiary/aromatic N) is 2. The van der Waals surface area contributed by atoms with Crippen LogP contribution < -0.4 is 5.32 Å². The topological polar surface area (TPSA) is 54.9 Å². The number of hydrogen-bond donors (Lipinski definition) is 1. The Morgan fingerprint density at radius 2 is 1.65 bits per heavy atom. The van der Waals surface area contributed by atoms with Gasteiger partial charge in [0.15, 0.2) is 0 Å². The van der Waals surface area contributed by atoms with E-state index in [1.807, 2.05) is 0 Å². The molecule has 0 atom stereocenters. The van der Waals surface area contributed by atoms with Gasteiger partial charge in [-0.25, -0.2) is 0 Å². The summed E-state index contributed by atoms with van der Waals surface area (Å²) in [5.74, 6) is -0.195. The van der Waals surface area contributed by atoms with Gasteiger partial charge in [-0.2, -0.15) is 0 Å². The number of nitrogens with one attached hydrogen (secondary N) is 1. The van der Waals surface area contributed by atoms with E-state index in [0.717, 1.165) is 5.52 Å². The Morgan fingerprint density at radius 3 is 2.40 bits per heavy atom. The first-order valence-electron chi connectivity index (χ1n) is 6.00. The van der Waals surface area contributed by atoms with Crippen molar-refractivity contribution in [2.45, 2.75) is 0 Å². The third kappa shape index (κ3) is 2.60. The fourth-order valence-corrected chi connectivity index (χ4v) is 1.97. The van der Waals surface area contributed by atoms with Crippen molar-refractivity contribution in [2.24, 2.45) is 0 Å². The molecule has 2 aromatic carbocycles. The predicted molar refractivity (Wildman–Crippen MR) is 78.9 cm³/mol. The number of anilines is 1. The molecule has 0 bridgehead atoms. The van der Waals surface area contributed by atoms with Crippen LogP contribution in [0.25, 0.3) is 11.0 Å². The van der Waals surface area contributed by atoms with Gasteiger partial charge >= 0.3 is 0 Å². The third-order valence-corrected chi connectivity index (χ3v) is 3.09. The highest BCUT2D eigenvalue weighted by molar-refractivity contribution is 6.30. The van der Waals surface area contributed by atoms with Gasteiger partial charge in [0.2, 0.25) is 0 Å². The quantitative estimate of drug-likeness (QED) is 0.783. The van der Waals surface area contributed by atoms with Crippen LogP contribution in [0.2, 0.25) is 5.02 Å². The van der Waals surface area contributed by atoms with E-state index in [1.165, 1.54) is 0 Å². The molecule has 1 amide bonds. The van der Waals surface area contributed by atoms with Crippen molar-refractivity contribution in [1.29, 1.82) is 0 Å². The van der Waals surface area contributed by atoms with Crippen LogP contribution in [0.3, 0.4) is 0 Å². The third-order valence-electron chi connectivity index (χ3n) is 2.83. The Kier molecular flexibility index (Phi) is 3.31. The van der Waals surface area contributed by atoms with E-state index in [1.54, 1.807) is 54.9 Å². The normalized spacial score (nSPS) is 10.4. The number of fused-ring (bicyclic) bond motifs is 1. The van der Waals surface area contributed by atoms with Crippen molar-refractivity contribution in [3.05, 3.63) is 65.4 Å². The van der Waals surface area contributed by atoms with E-state index in [4.69, 9.17) is 11.6 Å². The van der Waals surface area contributed by atoms with Crippen molar-refractivity contribution in [3.63, 3.8) is 0 Å². The highest BCUT2D eigenvalue weighted by Crippen LogP contribution is 2.16. The molecule has 3 aromatic rings. The molecule has 1 N–H and O–H groups in total. The summed E-state index contributed by atoms with van der Waals surface area (Å²) in [6, 6.07) is 12.2. The predicted octanol–water partition coefficient (Wildman–Crippen LogP) is 3.54. The molecule has 5 heteroatoms. The maximum atomic E-state index is 12.2. The second-order valence-electron chi connectivity index (χ2n) is 4.22. The van der Waals surface area contributed by atoms with Gasteiger partial charge in [0.1, 0.15) is 0 Å². The monoisotopic (exact) mass is 283 g/mol. The smallest absolute Gasteiger partial charge is 0.255 e. The van der Waals surface area contributed by atoms with Gasteiger partial charge in [0.25, 0.3) is 5.91 Å². The van der Waals surface area contributed by atoms with Crippen molar-refractivity contribution in [3.8, 4) is 0 Å². The molecular weight excluding hydrogens is 274 g/mol. The van der Waals surface area contributed by atoms with Crippen LogP contribution in [-0.2, 0) is 0 Å². The molecule has 4 nitrogen and oxygen atoms in total. The van der Waals surface area contributed by atoms with Gasteiger partial charge in [-0.3, -0.25) is 14.8 Å². The average molecular weight is 284 g/mol. The highest BCUT2D eigenvalue weighted by Gasteiger charge is 2.07. The SMILES string of the molecule is O=C(Nc1ccc(Cl)cc1)c1ccc2nccnc2c1. The molecule has 0 saturated heterocycles. The fraction of sp³-hybridized carbons (Fsp3) is 0. The summed E-state index contributed by atoms with van der Waals surface area (Å²) in [4.78, 5) is 20.5. The second-order valence-corrected chi connectivity index (χ2v) is 4.66. The molecule has 0 saturated carbocycles. The molecule has 1 aromatic heterocycles. The zero-order valence-corrected chi connectivity index (χ0v) is 11.1. The summed E-state index contributed by atoms with van der Waals surface area (Å²) in [6.07, 6.45) is 3.22. The molecule has 20 heavy (non-hydrogen) atoms. The lowest BCUT2D eigenvalue weighted by Gasteiger charge is -2.06. The minimum Gasteiger partial charge on any atom is -0.322 e. The van der Waals surface area contributed by atoms with Gasteiger partial charge < -0.3 is 5.32 Å². The van der Waals surface area contributed by atoms with E-state index in [2.05, 4.69) is 15.3 Å². The van der Waals surface area contributed by atoms with Crippen LogP contribution in [-0.4, -0.2) is 15.9 Å². The first-order chi connectivity index (χ1) is 9.72. The van der Waals surface area contributed by atoms with Gasteiger partial charge in [-0.1, -0.05) is 11.6 Å². The summed E-state index contributed by atoms with van der Waals surface area (Å²) in [5.41, 5.74) is 2.68. The van der Waals surface area contributed by atoms with Crippen molar-refractivity contribution < 1.29 is 4.79 Å². The zero-order chi connectivity index (χ0) is 13.9. The van der Waals surface area contributed by atoms with E-state index >= 15 is 0 Å². The first kappa shape index (κ1) is 12.6. The number of halogens is 1. The lowest BCUT2D eigenvalue weighted by Crippen LogP contribution is -2.11. The number of benzene rings is 2. The molecular formula is C15H10ClN3O. The maximum Gasteiger partial charge on any atom is 0.255 e. The van der Waals surface area contributed by atoms with Crippen molar-refractivity contribution in [2.75, 3.05) is 5.32 Å². The maximum absolute atomic E-state index is 12.2. The zero-order valence-electron chi connectivity index (χ0n) is 10.4. The second kappa shape index (κ2) is 5.27. The molecule has 0 aliphatic heterocycles. The minimum atomic E-state index is -0.195. The summed E-state index contributed by atoms with van der Waals surface area (Å²) in [5, 5.41) is 3.43. The van der Waals surface area contributed by atoms with E-state index in [-0.39, 0.29) is 5.91 Å². The van der Waals surface area contributed by atoms with Crippen LogP contribution in [0.15, 0.2) is 54.9 Å². The van der Waals surface area contributed by atoms with Crippen LogP contribution in [0.4, 0.5) is 5.69 Å². The number of rotatable bonds is 2. The molecule has 0 aliphatic carbocycles. The lowest BCUT2D eigenvalue weighted by atomic mass is 10.1. The Labute approximate surface area is 120 Å². The molecule has 98 valence electrons. The standard InChI is InChI=1S/C15H10ClN3O/c16-11-2-4-12(5-3-11)19-15(20)10-1-6-13-14(9-10)18-8-7-17-13/h1-9H,(H,19,20). The van der Waals surface area contributed by atoms with Crippen LogP contribution in [0.1, 0.15) is 10.4 Å². The number of aromatic nitrogens is 2. The minimum absolute atomic E-state index is 0.195. The molecule has 0 radical (unpaired) electrons. The fourth-order valence-electron chi connectivity index (χ4n) is 1.84. The molecule has 0 unspecified atom stereocenters. The number of amides is 1. The molecule has 0 fully saturated rings. The average Bonchev–Trinajstić information content (AvgIpc) is 2.49. The van der Waals surface area contributed by atoms with Crippen LogP contribution in [0, 0.1) is 0 Å². The van der Waals surface area contributed by atoms with Gasteiger partial charge in [0.05, 0.1) is 11.0 Å². The van der Waals surface area contributed by atoms with E-state index < -0.39 is 0 Å². The van der Waals surface area contributed by atoms with Crippen molar-refractivity contribution in [1.82, 2.24) is 9.97 Å².